The van der Waals surface area contributed by atoms with Gasteiger partial charge in [-0.1, -0.05) is 18.9 Å². The quantitative estimate of drug-likeness (QED) is 0.940. The third kappa shape index (κ3) is 3.00. The smallest absolute Gasteiger partial charge is 0.251 e. The zero-order chi connectivity index (χ0) is 15.5. The average molecular weight is 299 g/mol. The molecule has 1 amide bonds. The van der Waals surface area contributed by atoms with Crippen LogP contribution in [-0.2, 0) is 6.54 Å². The Morgan fingerprint density at radius 1 is 1.27 bits per heavy atom. The van der Waals surface area contributed by atoms with Gasteiger partial charge in [-0.3, -0.25) is 4.79 Å². The maximum absolute atomic E-state index is 12.2. The third-order valence-electron chi connectivity index (χ3n) is 4.41. The summed E-state index contributed by atoms with van der Waals surface area (Å²) in [5.74, 6) is 0.633. The molecule has 1 heterocycles. The molecule has 0 radical (unpaired) electrons. The number of benzene rings is 1. The Kier molecular flexibility index (Phi) is 4.18. The van der Waals surface area contributed by atoms with Crippen molar-refractivity contribution < 1.29 is 4.79 Å². The molecule has 1 aliphatic carbocycles. The average Bonchev–Trinajstić information content (AvgIpc) is 3.17. The number of carbonyl (C=O) groups excluding carboxylic acids is 1. The molecule has 0 spiro atoms. The van der Waals surface area contributed by atoms with Gasteiger partial charge in [-0.15, -0.1) is 5.10 Å². The van der Waals surface area contributed by atoms with E-state index in [9.17, 15) is 4.79 Å². The molecule has 1 fully saturated rings. The molecule has 1 aromatic heterocycles. The number of hydrogen-bond donors (Lipinski definition) is 1. The lowest BCUT2D eigenvalue weighted by Gasteiger charge is -2.12. The summed E-state index contributed by atoms with van der Waals surface area (Å²) >= 11 is 0. The van der Waals surface area contributed by atoms with E-state index in [1.165, 1.54) is 18.4 Å². The fraction of sp³-hybridized carbons (Fsp3) is 0.500. The van der Waals surface area contributed by atoms with E-state index in [2.05, 4.69) is 20.8 Å². The molecule has 2 aromatic rings. The number of hydrogen-bond acceptors (Lipinski definition) is 4. The van der Waals surface area contributed by atoms with Gasteiger partial charge in [0.1, 0.15) is 0 Å². The summed E-state index contributed by atoms with van der Waals surface area (Å²) in [7, 11) is 0. The lowest BCUT2D eigenvalue weighted by Crippen LogP contribution is -2.25. The van der Waals surface area contributed by atoms with Crippen molar-refractivity contribution in [2.75, 3.05) is 0 Å². The Balaban J connectivity index is 1.66. The second-order valence-electron chi connectivity index (χ2n) is 5.96. The Morgan fingerprint density at radius 2 is 2.05 bits per heavy atom. The molecule has 1 saturated carbocycles. The highest BCUT2D eigenvalue weighted by atomic mass is 16.1. The summed E-state index contributed by atoms with van der Waals surface area (Å²) in [4.78, 5) is 12.2. The zero-order valence-corrected chi connectivity index (χ0v) is 13.0. The molecule has 1 N–H and O–H groups in total. The van der Waals surface area contributed by atoms with Crippen LogP contribution in [0.2, 0.25) is 0 Å². The number of aromatic nitrogens is 4. The predicted molar refractivity (Wildman–Crippen MR) is 82.4 cm³/mol. The van der Waals surface area contributed by atoms with Gasteiger partial charge in [-0.25, -0.2) is 4.68 Å². The molecule has 6 nitrogen and oxygen atoms in total. The first-order valence-electron chi connectivity index (χ1n) is 7.77. The van der Waals surface area contributed by atoms with Crippen molar-refractivity contribution in [1.82, 2.24) is 25.5 Å². The highest BCUT2D eigenvalue weighted by molar-refractivity contribution is 5.94. The van der Waals surface area contributed by atoms with Crippen molar-refractivity contribution in [1.29, 1.82) is 0 Å². The Hall–Kier alpha value is -2.24. The van der Waals surface area contributed by atoms with Crippen molar-refractivity contribution in [2.45, 2.75) is 52.1 Å². The van der Waals surface area contributed by atoms with Crippen LogP contribution in [0.25, 0.3) is 0 Å². The molecule has 1 aliphatic rings. The number of nitrogens with one attached hydrogen (secondary N) is 1. The molecule has 1 aromatic carbocycles. The summed E-state index contributed by atoms with van der Waals surface area (Å²) in [5.41, 5.74) is 2.97. The van der Waals surface area contributed by atoms with Crippen LogP contribution in [0, 0.1) is 13.8 Å². The molecule has 0 aliphatic heterocycles. The first kappa shape index (κ1) is 14.7. The molecular weight excluding hydrogens is 278 g/mol. The van der Waals surface area contributed by atoms with E-state index in [1.807, 2.05) is 36.7 Å². The predicted octanol–water partition coefficient (Wildman–Crippen LogP) is 2.34. The van der Waals surface area contributed by atoms with E-state index in [0.29, 0.717) is 18.2 Å². The Bertz CT molecular complexity index is 673. The van der Waals surface area contributed by atoms with Crippen LogP contribution in [0.1, 0.15) is 59.0 Å². The van der Waals surface area contributed by atoms with Gasteiger partial charge in [-0.05, 0) is 60.4 Å². The number of tetrazole rings is 1. The summed E-state index contributed by atoms with van der Waals surface area (Å²) in [5, 5.41) is 14.8. The van der Waals surface area contributed by atoms with Crippen molar-refractivity contribution in [3.8, 4) is 0 Å². The fourth-order valence-electron chi connectivity index (χ4n) is 2.91. The molecule has 0 unspecified atom stereocenters. The lowest BCUT2D eigenvalue weighted by molar-refractivity contribution is 0.0949. The van der Waals surface area contributed by atoms with E-state index in [0.717, 1.165) is 24.2 Å². The van der Waals surface area contributed by atoms with Crippen LogP contribution < -0.4 is 5.32 Å². The van der Waals surface area contributed by atoms with Gasteiger partial charge in [0.2, 0.25) is 0 Å². The van der Waals surface area contributed by atoms with E-state index in [4.69, 9.17) is 0 Å². The second-order valence-corrected chi connectivity index (χ2v) is 5.96. The van der Waals surface area contributed by atoms with E-state index in [1.54, 1.807) is 0 Å². The normalized spacial score (nSPS) is 15.2. The molecule has 116 valence electrons. The van der Waals surface area contributed by atoms with E-state index in [-0.39, 0.29) is 5.91 Å². The highest BCUT2D eigenvalue weighted by Crippen LogP contribution is 2.29. The first-order chi connectivity index (χ1) is 10.6. The molecule has 6 heteroatoms. The summed E-state index contributed by atoms with van der Waals surface area (Å²) in [6.45, 7) is 4.40. The summed E-state index contributed by atoms with van der Waals surface area (Å²) < 4.78 is 1.87. The molecule has 3 rings (SSSR count). The number of nitrogens with zero attached hydrogens (tertiary/aromatic N) is 4. The maximum Gasteiger partial charge on any atom is 0.251 e. The lowest BCUT2D eigenvalue weighted by atomic mass is 10.1. The summed E-state index contributed by atoms with van der Waals surface area (Å²) in [6.07, 6.45) is 4.67. The van der Waals surface area contributed by atoms with Crippen molar-refractivity contribution in [3.05, 3.63) is 40.7 Å². The number of rotatable bonds is 4. The van der Waals surface area contributed by atoms with Crippen LogP contribution in [0.4, 0.5) is 0 Å². The molecule has 22 heavy (non-hydrogen) atoms. The van der Waals surface area contributed by atoms with Gasteiger partial charge in [0.05, 0.1) is 12.6 Å². The van der Waals surface area contributed by atoms with Crippen LogP contribution in [0.3, 0.4) is 0 Å². The van der Waals surface area contributed by atoms with Crippen LogP contribution in [-0.4, -0.2) is 26.1 Å². The largest absolute Gasteiger partial charge is 0.345 e. The van der Waals surface area contributed by atoms with Crippen molar-refractivity contribution >= 4 is 5.91 Å². The van der Waals surface area contributed by atoms with E-state index < -0.39 is 0 Å². The van der Waals surface area contributed by atoms with Gasteiger partial charge in [0.15, 0.2) is 5.82 Å². The number of amides is 1. The minimum absolute atomic E-state index is 0.0935. The first-order valence-corrected chi connectivity index (χ1v) is 7.77. The second kappa shape index (κ2) is 6.25. The van der Waals surface area contributed by atoms with Crippen LogP contribution in [0.15, 0.2) is 18.2 Å². The Morgan fingerprint density at radius 3 is 2.77 bits per heavy atom. The van der Waals surface area contributed by atoms with Crippen molar-refractivity contribution in [3.63, 3.8) is 0 Å². The monoisotopic (exact) mass is 299 g/mol. The maximum atomic E-state index is 12.2. The van der Waals surface area contributed by atoms with Crippen molar-refractivity contribution in [2.24, 2.45) is 0 Å². The van der Waals surface area contributed by atoms with Gasteiger partial charge in [-0.2, -0.15) is 0 Å². The standard InChI is InChI=1S/C16H21N5O/c1-11-7-8-13(9-12(11)2)16(22)17-10-15-18-19-20-21(15)14-5-3-4-6-14/h7-9,14H,3-6,10H2,1-2H3,(H,17,22). The summed E-state index contributed by atoms with van der Waals surface area (Å²) in [6, 6.07) is 6.10. The SMILES string of the molecule is Cc1ccc(C(=O)NCc2nnnn2C2CCCC2)cc1C. The highest BCUT2D eigenvalue weighted by Gasteiger charge is 2.21. The van der Waals surface area contributed by atoms with Gasteiger partial charge in [0.25, 0.3) is 5.91 Å². The fourth-order valence-corrected chi connectivity index (χ4v) is 2.91. The Labute approximate surface area is 129 Å². The number of carbonyl (C=O) groups is 1. The van der Waals surface area contributed by atoms with Crippen LogP contribution >= 0.6 is 0 Å². The van der Waals surface area contributed by atoms with E-state index >= 15 is 0 Å². The minimum atomic E-state index is -0.0935. The van der Waals surface area contributed by atoms with Crippen LogP contribution in [0.5, 0.6) is 0 Å². The molecule has 0 atom stereocenters. The third-order valence-corrected chi connectivity index (χ3v) is 4.41. The zero-order valence-electron chi connectivity index (χ0n) is 13.0. The van der Waals surface area contributed by atoms with Gasteiger partial charge >= 0.3 is 0 Å². The molecular formula is C16H21N5O. The van der Waals surface area contributed by atoms with Gasteiger partial charge < -0.3 is 5.32 Å². The molecule has 0 bridgehead atoms. The minimum Gasteiger partial charge on any atom is -0.345 e. The topological polar surface area (TPSA) is 72.7 Å². The van der Waals surface area contributed by atoms with Gasteiger partial charge in [0, 0.05) is 5.56 Å². The number of aryl methyl sites for hydroxylation is 2. The molecule has 0 saturated heterocycles.